The van der Waals surface area contributed by atoms with Crippen LogP contribution in [0.3, 0.4) is 0 Å². The van der Waals surface area contributed by atoms with E-state index in [0.29, 0.717) is 25.9 Å². The topological polar surface area (TPSA) is 84.1 Å². The van der Waals surface area contributed by atoms with Crippen LogP contribution in [0, 0.1) is 6.92 Å². The van der Waals surface area contributed by atoms with Gasteiger partial charge in [-0.2, -0.15) is 10.2 Å². The van der Waals surface area contributed by atoms with Crippen LogP contribution < -0.4 is 4.90 Å². The van der Waals surface area contributed by atoms with Crippen molar-refractivity contribution in [1.29, 1.82) is 0 Å². The molecule has 1 N–H and O–H groups in total. The summed E-state index contributed by atoms with van der Waals surface area (Å²) < 4.78 is 1.64. The molecular formula is C17H23N5O2. The van der Waals surface area contributed by atoms with Crippen LogP contribution in [-0.4, -0.2) is 44.1 Å². The summed E-state index contributed by atoms with van der Waals surface area (Å²) in [6, 6.07) is 5.76. The van der Waals surface area contributed by atoms with E-state index in [9.17, 15) is 9.90 Å². The quantitative estimate of drug-likeness (QED) is 0.925. The average Bonchev–Trinajstić information content (AvgIpc) is 3.06. The van der Waals surface area contributed by atoms with Crippen LogP contribution >= 0.6 is 0 Å². The van der Waals surface area contributed by atoms with Crippen molar-refractivity contribution in [3.8, 4) is 0 Å². The lowest BCUT2D eigenvalue weighted by molar-refractivity contribution is -0.149. The maximum absolute atomic E-state index is 12.0. The van der Waals surface area contributed by atoms with Crippen LogP contribution in [0.5, 0.6) is 0 Å². The summed E-state index contributed by atoms with van der Waals surface area (Å²) in [7, 11) is 0. The van der Waals surface area contributed by atoms with E-state index in [1.54, 1.807) is 10.9 Å². The van der Waals surface area contributed by atoms with Gasteiger partial charge in [0.1, 0.15) is 0 Å². The largest absolute Gasteiger partial charge is 0.479 e. The molecule has 0 aromatic carbocycles. The SMILES string of the molecule is Cc1ccc(N2CCC(C(=O)O)(n3ccc(C(C)C)n3)CC2)nn1. The van der Waals surface area contributed by atoms with Gasteiger partial charge in [-0.05, 0) is 31.0 Å². The lowest BCUT2D eigenvalue weighted by Crippen LogP contribution is -2.51. The number of carboxylic acid groups (broad SMARTS) is 1. The Hall–Kier alpha value is -2.44. The van der Waals surface area contributed by atoms with Gasteiger partial charge in [0.25, 0.3) is 0 Å². The van der Waals surface area contributed by atoms with Crippen molar-refractivity contribution in [2.75, 3.05) is 18.0 Å². The number of hydrogen-bond acceptors (Lipinski definition) is 5. The molecular weight excluding hydrogens is 306 g/mol. The fourth-order valence-corrected chi connectivity index (χ4v) is 3.09. The summed E-state index contributed by atoms with van der Waals surface area (Å²) in [5.41, 5.74) is 0.803. The molecule has 1 fully saturated rings. The highest BCUT2D eigenvalue weighted by atomic mass is 16.4. The Balaban J connectivity index is 1.81. The fraction of sp³-hybridized carbons (Fsp3) is 0.529. The molecule has 0 unspecified atom stereocenters. The molecule has 3 heterocycles. The number of carbonyl (C=O) groups is 1. The van der Waals surface area contributed by atoms with Gasteiger partial charge in [-0.25, -0.2) is 4.79 Å². The Morgan fingerprint density at radius 1 is 1.21 bits per heavy atom. The lowest BCUT2D eigenvalue weighted by atomic mass is 9.87. The van der Waals surface area contributed by atoms with Crippen LogP contribution in [0.15, 0.2) is 24.4 Å². The molecule has 2 aromatic rings. The minimum absolute atomic E-state index is 0.278. The molecule has 0 bridgehead atoms. The van der Waals surface area contributed by atoms with Gasteiger partial charge >= 0.3 is 5.97 Å². The van der Waals surface area contributed by atoms with E-state index >= 15 is 0 Å². The van der Waals surface area contributed by atoms with E-state index in [2.05, 4.69) is 34.0 Å². The molecule has 1 saturated heterocycles. The second kappa shape index (κ2) is 6.22. The molecule has 3 rings (SSSR count). The summed E-state index contributed by atoms with van der Waals surface area (Å²) in [5.74, 6) is 0.249. The zero-order valence-electron chi connectivity index (χ0n) is 14.3. The second-order valence-electron chi connectivity index (χ2n) is 6.70. The zero-order chi connectivity index (χ0) is 17.3. The third-order valence-electron chi connectivity index (χ3n) is 4.74. The van der Waals surface area contributed by atoms with Crippen LogP contribution in [0.25, 0.3) is 0 Å². The van der Waals surface area contributed by atoms with Gasteiger partial charge in [0.05, 0.1) is 11.4 Å². The molecule has 1 aliphatic rings. The van der Waals surface area contributed by atoms with Gasteiger partial charge in [-0.15, -0.1) is 5.10 Å². The fourth-order valence-electron chi connectivity index (χ4n) is 3.09. The molecule has 0 atom stereocenters. The number of rotatable bonds is 4. The number of carboxylic acids is 1. The summed E-state index contributed by atoms with van der Waals surface area (Å²) >= 11 is 0. The summed E-state index contributed by atoms with van der Waals surface area (Å²) in [6.07, 6.45) is 2.76. The van der Waals surface area contributed by atoms with Gasteiger partial charge in [0, 0.05) is 32.1 Å². The minimum Gasteiger partial charge on any atom is -0.479 e. The number of hydrogen-bond donors (Lipinski definition) is 1. The summed E-state index contributed by atoms with van der Waals surface area (Å²) in [6.45, 7) is 7.23. The maximum atomic E-state index is 12.0. The number of aliphatic carboxylic acids is 1. The third kappa shape index (κ3) is 2.86. The van der Waals surface area contributed by atoms with Crippen molar-refractivity contribution in [3.63, 3.8) is 0 Å². The molecule has 0 spiro atoms. The van der Waals surface area contributed by atoms with Gasteiger partial charge < -0.3 is 10.0 Å². The highest BCUT2D eigenvalue weighted by Gasteiger charge is 2.44. The molecule has 0 amide bonds. The van der Waals surface area contributed by atoms with Crippen LogP contribution in [0.2, 0.25) is 0 Å². The van der Waals surface area contributed by atoms with Crippen LogP contribution in [0.1, 0.15) is 44.0 Å². The Kier molecular flexibility index (Phi) is 4.26. The van der Waals surface area contributed by atoms with Crippen molar-refractivity contribution in [2.45, 2.75) is 45.1 Å². The van der Waals surface area contributed by atoms with Crippen LogP contribution in [-0.2, 0) is 10.3 Å². The van der Waals surface area contributed by atoms with Gasteiger partial charge in [-0.3, -0.25) is 4.68 Å². The van der Waals surface area contributed by atoms with Gasteiger partial charge in [0.2, 0.25) is 0 Å². The molecule has 24 heavy (non-hydrogen) atoms. The second-order valence-corrected chi connectivity index (χ2v) is 6.70. The summed E-state index contributed by atoms with van der Waals surface area (Å²) in [4.78, 5) is 14.1. The number of aromatic nitrogens is 4. The molecule has 1 aliphatic heterocycles. The van der Waals surface area contributed by atoms with Crippen molar-refractivity contribution >= 4 is 11.8 Å². The number of piperidine rings is 1. The van der Waals surface area contributed by atoms with E-state index in [1.165, 1.54) is 0 Å². The maximum Gasteiger partial charge on any atom is 0.331 e. The van der Waals surface area contributed by atoms with Crippen molar-refractivity contribution in [1.82, 2.24) is 20.0 Å². The smallest absolute Gasteiger partial charge is 0.331 e. The van der Waals surface area contributed by atoms with Gasteiger partial charge in [-0.1, -0.05) is 13.8 Å². The molecule has 0 aliphatic carbocycles. The standard InChI is InChI=1S/C17H23N5O2/c1-12(2)14-6-9-22(20-14)17(16(23)24)7-10-21(11-8-17)15-5-4-13(3)18-19-15/h4-6,9,12H,7-8,10-11H2,1-3H3,(H,23,24). The predicted molar refractivity (Wildman–Crippen MR) is 90.1 cm³/mol. The predicted octanol–water partition coefficient (Wildman–Crippen LogP) is 2.19. The Labute approximate surface area is 141 Å². The first-order valence-electron chi connectivity index (χ1n) is 8.27. The molecule has 0 saturated carbocycles. The Morgan fingerprint density at radius 2 is 1.92 bits per heavy atom. The number of aryl methyl sites for hydroxylation is 1. The first-order valence-corrected chi connectivity index (χ1v) is 8.27. The first kappa shape index (κ1) is 16.4. The molecule has 0 radical (unpaired) electrons. The number of anilines is 1. The Bertz CT molecular complexity index is 715. The molecule has 128 valence electrons. The normalized spacial score (nSPS) is 17.2. The molecule has 7 nitrogen and oxygen atoms in total. The number of nitrogens with zero attached hydrogens (tertiary/aromatic N) is 5. The van der Waals surface area contributed by atoms with Crippen molar-refractivity contribution in [3.05, 3.63) is 35.8 Å². The highest BCUT2D eigenvalue weighted by molar-refractivity contribution is 5.77. The highest BCUT2D eigenvalue weighted by Crippen LogP contribution is 2.32. The van der Waals surface area contributed by atoms with Gasteiger partial charge in [0.15, 0.2) is 11.4 Å². The van der Waals surface area contributed by atoms with E-state index in [4.69, 9.17) is 0 Å². The van der Waals surface area contributed by atoms with E-state index in [0.717, 1.165) is 17.2 Å². The summed E-state index contributed by atoms with van der Waals surface area (Å²) in [5, 5.41) is 22.7. The van der Waals surface area contributed by atoms with Crippen molar-refractivity contribution in [2.24, 2.45) is 0 Å². The Morgan fingerprint density at radius 3 is 2.42 bits per heavy atom. The van der Waals surface area contributed by atoms with E-state index in [1.807, 2.05) is 25.1 Å². The van der Waals surface area contributed by atoms with E-state index in [-0.39, 0.29) is 5.92 Å². The minimum atomic E-state index is -0.984. The van der Waals surface area contributed by atoms with Crippen molar-refractivity contribution < 1.29 is 9.90 Å². The van der Waals surface area contributed by atoms with Crippen LogP contribution in [0.4, 0.5) is 5.82 Å². The first-order chi connectivity index (χ1) is 11.4. The average molecular weight is 329 g/mol. The molecule has 2 aromatic heterocycles. The zero-order valence-corrected chi connectivity index (χ0v) is 14.3. The lowest BCUT2D eigenvalue weighted by Gasteiger charge is -2.39. The monoisotopic (exact) mass is 329 g/mol. The molecule has 7 heteroatoms. The van der Waals surface area contributed by atoms with E-state index < -0.39 is 11.5 Å². The third-order valence-corrected chi connectivity index (χ3v) is 4.74.